The number of carbonyl (C=O) groups excluding carboxylic acids is 1. The van der Waals surface area contributed by atoms with Crippen LogP contribution in [0, 0.1) is 4.77 Å². The van der Waals surface area contributed by atoms with E-state index >= 15 is 0 Å². The lowest BCUT2D eigenvalue weighted by molar-refractivity contribution is -0.116. The van der Waals surface area contributed by atoms with Crippen molar-refractivity contribution in [1.29, 1.82) is 0 Å². The second kappa shape index (κ2) is 9.01. The van der Waals surface area contributed by atoms with Crippen molar-refractivity contribution >= 4 is 23.8 Å². The molecule has 0 atom stereocenters. The molecular weight excluding hydrogens is 410 g/mol. The second-order valence-corrected chi connectivity index (χ2v) is 7.30. The van der Waals surface area contributed by atoms with Crippen molar-refractivity contribution in [2.45, 2.75) is 19.9 Å². The summed E-state index contributed by atoms with van der Waals surface area (Å²) in [5, 5.41) is 7.58. The minimum absolute atomic E-state index is 0.00915. The predicted octanol–water partition coefficient (Wildman–Crippen LogP) is 4.40. The van der Waals surface area contributed by atoms with Crippen LogP contribution < -0.4 is 10.1 Å². The van der Waals surface area contributed by atoms with Gasteiger partial charge in [-0.2, -0.15) is 0 Å². The zero-order valence-corrected chi connectivity index (χ0v) is 18.2. The quantitative estimate of drug-likeness (QED) is 0.439. The summed E-state index contributed by atoms with van der Waals surface area (Å²) in [4.78, 5) is 12.7. The SMILES string of the molecule is CCc1ccc(NC(=O)Cn2nc(-c3ccccc3OC)n(-n3cccc3)c2=S)cc1. The molecule has 31 heavy (non-hydrogen) atoms. The number of carbonyl (C=O) groups is 1. The fourth-order valence-corrected chi connectivity index (χ4v) is 3.61. The van der Waals surface area contributed by atoms with E-state index in [1.54, 1.807) is 11.8 Å². The molecule has 0 unspecified atom stereocenters. The van der Waals surface area contributed by atoms with Gasteiger partial charge in [-0.15, -0.1) is 5.10 Å². The van der Waals surface area contributed by atoms with Crippen LogP contribution in [0.2, 0.25) is 0 Å². The summed E-state index contributed by atoms with van der Waals surface area (Å²) in [6, 6.07) is 19.2. The Morgan fingerprint density at radius 1 is 1.06 bits per heavy atom. The third-order valence-electron chi connectivity index (χ3n) is 4.92. The Bertz CT molecular complexity index is 1240. The van der Waals surface area contributed by atoms with Crippen LogP contribution in [0.25, 0.3) is 11.4 Å². The molecule has 4 aromatic rings. The van der Waals surface area contributed by atoms with Crippen molar-refractivity contribution < 1.29 is 9.53 Å². The number of methoxy groups -OCH3 is 1. The average molecular weight is 434 g/mol. The Morgan fingerprint density at radius 3 is 2.45 bits per heavy atom. The standard InChI is InChI=1S/C23H23N5O2S/c1-3-17-10-12-18(13-11-17)24-21(29)16-27-23(31)28(26-14-6-7-15-26)22(25-27)19-8-4-5-9-20(19)30-2/h4-15H,3,16H2,1-2H3,(H,24,29). The fourth-order valence-electron chi connectivity index (χ4n) is 3.33. The number of hydrogen-bond acceptors (Lipinski definition) is 4. The molecule has 0 saturated carbocycles. The fraction of sp³-hybridized carbons (Fsp3) is 0.174. The maximum absolute atomic E-state index is 12.7. The van der Waals surface area contributed by atoms with Gasteiger partial charge in [0.1, 0.15) is 12.3 Å². The van der Waals surface area contributed by atoms with E-state index in [0.29, 0.717) is 16.3 Å². The molecule has 0 aliphatic carbocycles. The summed E-state index contributed by atoms with van der Waals surface area (Å²) < 4.78 is 11.0. The molecule has 1 amide bonds. The van der Waals surface area contributed by atoms with Gasteiger partial charge in [-0.05, 0) is 60.6 Å². The molecule has 2 aromatic carbocycles. The topological polar surface area (TPSA) is 66.0 Å². The lowest BCUT2D eigenvalue weighted by Crippen LogP contribution is -2.20. The Morgan fingerprint density at radius 2 is 1.77 bits per heavy atom. The number of nitrogens with one attached hydrogen (secondary N) is 1. The molecule has 0 radical (unpaired) electrons. The zero-order valence-electron chi connectivity index (χ0n) is 17.4. The molecule has 1 N–H and O–H groups in total. The monoisotopic (exact) mass is 433 g/mol. The van der Waals surface area contributed by atoms with E-state index in [-0.39, 0.29) is 12.5 Å². The highest BCUT2D eigenvalue weighted by Crippen LogP contribution is 2.28. The van der Waals surface area contributed by atoms with Crippen LogP contribution in [-0.4, -0.2) is 32.1 Å². The number of rotatable bonds is 7. The van der Waals surface area contributed by atoms with Gasteiger partial charge < -0.3 is 10.1 Å². The lowest BCUT2D eigenvalue weighted by atomic mass is 10.1. The highest BCUT2D eigenvalue weighted by Gasteiger charge is 2.18. The van der Waals surface area contributed by atoms with E-state index in [1.165, 1.54) is 10.2 Å². The normalized spacial score (nSPS) is 10.8. The lowest BCUT2D eigenvalue weighted by Gasteiger charge is -2.10. The number of benzene rings is 2. The molecule has 8 heteroatoms. The van der Waals surface area contributed by atoms with Crippen LogP contribution in [-0.2, 0) is 17.8 Å². The van der Waals surface area contributed by atoms with Gasteiger partial charge in [0.25, 0.3) is 0 Å². The van der Waals surface area contributed by atoms with Crippen LogP contribution in [0.1, 0.15) is 12.5 Å². The van der Waals surface area contributed by atoms with Crippen LogP contribution in [0.15, 0.2) is 73.1 Å². The Labute approximate surface area is 185 Å². The summed E-state index contributed by atoms with van der Waals surface area (Å²) in [5.74, 6) is 1.05. The number of amides is 1. The molecule has 0 saturated heterocycles. The van der Waals surface area contributed by atoms with Crippen molar-refractivity contribution in [2.24, 2.45) is 0 Å². The molecule has 4 rings (SSSR count). The van der Waals surface area contributed by atoms with Crippen molar-refractivity contribution in [1.82, 2.24) is 19.1 Å². The third kappa shape index (κ3) is 4.29. The number of aryl methyl sites for hydroxylation is 1. The minimum Gasteiger partial charge on any atom is -0.496 e. The largest absolute Gasteiger partial charge is 0.496 e. The van der Waals surface area contributed by atoms with E-state index in [2.05, 4.69) is 17.3 Å². The Kier molecular flexibility index (Phi) is 5.99. The van der Waals surface area contributed by atoms with Gasteiger partial charge >= 0.3 is 0 Å². The molecule has 0 spiro atoms. The highest BCUT2D eigenvalue weighted by molar-refractivity contribution is 7.71. The van der Waals surface area contributed by atoms with Crippen LogP contribution in [0.3, 0.4) is 0 Å². The average Bonchev–Trinajstić information content (AvgIpc) is 3.42. The van der Waals surface area contributed by atoms with Crippen LogP contribution >= 0.6 is 12.2 Å². The van der Waals surface area contributed by atoms with E-state index in [0.717, 1.165) is 17.7 Å². The van der Waals surface area contributed by atoms with Crippen LogP contribution in [0.4, 0.5) is 5.69 Å². The van der Waals surface area contributed by atoms with Crippen molar-refractivity contribution in [3.63, 3.8) is 0 Å². The minimum atomic E-state index is -0.205. The first-order valence-corrected chi connectivity index (χ1v) is 10.4. The van der Waals surface area contributed by atoms with Gasteiger partial charge in [0.15, 0.2) is 5.82 Å². The maximum atomic E-state index is 12.7. The van der Waals surface area contributed by atoms with Crippen molar-refractivity contribution in [3.8, 4) is 17.1 Å². The van der Waals surface area contributed by atoms with Gasteiger partial charge in [0.05, 0.1) is 12.7 Å². The number of aromatic nitrogens is 4. The number of para-hydroxylation sites is 1. The molecule has 0 aliphatic heterocycles. The van der Waals surface area contributed by atoms with E-state index in [4.69, 9.17) is 17.0 Å². The molecule has 2 aromatic heterocycles. The Balaban J connectivity index is 1.68. The molecular formula is C23H23N5O2S. The number of ether oxygens (including phenoxy) is 1. The van der Waals surface area contributed by atoms with Gasteiger partial charge in [-0.25, -0.2) is 9.36 Å². The van der Waals surface area contributed by atoms with Gasteiger partial charge in [-0.3, -0.25) is 9.47 Å². The maximum Gasteiger partial charge on any atom is 0.246 e. The van der Waals surface area contributed by atoms with E-state index in [9.17, 15) is 4.79 Å². The molecule has 0 bridgehead atoms. The predicted molar refractivity (Wildman–Crippen MR) is 123 cm³/mol. The van der Waals surface area contributed by atoms with Gasteiger partial charge in [0.2, 0.25) is 10.7 Å². The van der Waals surface area contributed by atoms with Crippen LogP contribution in [0.5, 0.6) is 5.75 Å². The summed E-state index contributed by atoms with van der Waals surface area (Å²) in [6.07, 6.45) is 4.69. The van der Waals surface area contributed by atoms with E-state index in [1.807, 2.05) is 77.7 Å². The van der Waals surface area contributed by atoms with Gasteiger partial charge in [-0.1, -0.05) is 31.2 Å². The zero-order chi connectivity index (χ0) is 21.8. The van der Waals surface area contributed by atoms with Gasteiger partial charge in [0, 0.05) is 18.1 Å². The first kappa shape index (κ1) is 20.6. The number of anilines is 1. The van der Waals surface area contributed by atoms with Crippen molar-refractivity contribution in [3.05, 3.63) is 83.4 Å². The summed E-state index contributed by atoms with van der Waals surface area (Å²) in [5.41, 5.74) is 2.73. The highest BCUT2D eigenvalue weighted by atomic mass is 32.1. The third-order valence-corrected chi connectivity index (χ3v) is 5.31. The number of nitrogens with zero attached hydrogens (tertiary/aromatic N) is 4. The van der Waals surface area contributed by atoms with Crippen molar-refractivity contribution in [2.75, 3.05) is 12.4 Å². The van der Waals surface area contributed by atoms with E-state index < -0.39 is 0 Å². The second-order valence-electron chi connectivity index (χ2n) is 6.94. The molecule has 0 fully saturated rings. The summed E-state index contributed by atoms with van der Waals surface area (Å²) in [6.45, 7) is 2.08. The molecule has 7 nitrogen and oxygen atoms in total. The first-order valence-electron chi connectivity index (χ1n) is 9.96. The summed E-state index contributed by atoms with van der Waals surface area (Å²) in [7, 11) is 1.61. The summed E-state index contributed by atoms with van der Waals surface area (Å²) >= 11 is 5.68. The molecule has 0 aliphatic rings. The molecule has 2 heterocycles. The smallest absolute Gasteiger partial charge is 0.246 e. The number of hydrogen-bond donors (Lipinski definition) is 1. The molecule has 158 valence electrons. The first-order chi connectivity index (χ1) is 15.1. The Hall–Kier alpha value is -3.65.